The molecule has 0 saturated carbocycles. The van der Waals surface area contributed by atoms with Crippen molar-refractivity contribution in [1.29, 1.82) is 0 Å². The summed E-state index contributed by atoms with van der Waals surface area (Å²) in [4.78, 5) is 0. The predicted molar refractivity (Wildman–Crippen MR) is 138 cm³/mol. The van der Waals surface area contributed by atoms with Gasteiger partial charge in [-0.3, -0.25) is 0 Å². The van der Waals surface area contributed by atoms with Gasteiger partial charge in [-0.1, -0.05) is 75.4 Å². The molecule has 0 amide bonds. The topological polar surface area (TPSA) is 38.7 Å². The maximum Gasteiger partial charge on any atom is 0.167 e. The Hall–Kier alpha value is -2.92. The van der Waals surface area contributed by atoms with Crippen LogP contribution < -0.4 is 9.47 Å². The first-order valence-electron chi connectivity index (χ1n) is 12.7. The SMILES string of the molecule is CCCCOc1ccc(-c2ccc(-c3ccc(OCCCCCCCCO)cc3)c(F)c2F)cc1. The molecule has 0 aliphatic heterocycles. The van der Waals surface area contributed by atoms with Crippen molar-refractivity contribution in [3.63, 3.8) is 0 Å². The van der Waals surface area contributed by atoms with E-state index in [1.807, 2.05) is 0 Å². The molecule has 0 spiro atoms. The molecule has 0 saturated heterocycles. The fourth-order valence-corrected chi connectivity index (χ4v) is 3.90. The van der Waals surface area contributed by atoms with Crippen LogP contribution in [0.1, 0.15) is 58.3 Å². The number of rotatable bonds is 15. The molecule has 0 bridgehead atoms. The zero-order chi connectivity index (χ0) is 24.9. The van der Waals surface area contributed by atoms with Crippen molar-refractivity contribution in [3.05, 3.63) is 72.3 Å². The molecule has 3 rings (SSSR count). The van der Waals surface area contributed by atoms with Gasteiger partial charge in [-0.2, -0.15) is 0 Å². The van der Waals surface area contributed by atoms with Crippen LogP contribution in [0.25, 0.3) is 22.3 Å². The fraction of sp³-hybridized carbons (Fsp3) is 0.400. The third kappa shape index (κ3) is 8.07. The highest BCUT2D eigenvalue weighted by molar-refractivity contribution is 5.72. The maximum absolute atomic E-state index is 15.0. The van der Waals surface area contributed by atoms with Crippen LogP contribution in [0.2, 0.25) is 0 Å². The van der Waals surface area contributed by atoms with Crippen LogP contribution in [0.3, 0.4) is 0 Å². The van der Waals surface area contributed by atoms with Gasteiger partial charge in [0, 0.05) is 17.7 Å². The fourth-order valence-electron chi connectivity index (χ4n) is 3.90. The van der Waals surface area contributed by atoms with E-state index in [2.05, 4.69) is 6.92 Å². The van der Waals surface area contributed by atoms with Gasteiger partial charge in [0.05, 0.1) is 13.2 Å². The lowest BCUT2D eigenvalue weighted by atomic mass is 9.98. The minimum atomic E-state index is -0.861. The van der Waals surface area contributed by atoms with Crippen LogP contribution in [-0.2, 0) is 0 Å². The average Bonchev–Trinajstić information content (AvgIpc) is 2.88. The van der Waals surface area contributed by atoms with Crippen molar-refractivity contribution < 1.29 is 23.4 Å². The van der Waals surface area contributed by atoms with E-state index >= 15 is 0 Å². The molecule has 0 aliphatic carbocycles. The third-order valence-corrected chi connectivity index (χ3v) is 6.00. The monoisotopic (exact) mass is 482 g/mol. The van der Waals surface area contributed by atoms with Crippen molar-refractivity contribution in [2.24, 2.45) is 0 Å². The first-order valence-corrected chi connectivity index (χ1v) is 12.7. The molecule has 3 aromatic rings. The summed E-state index contributed by atoms with van der Waals surface area (Å²) in [6.07, 6.45) is 8.30. The smallest absolute Gasteiger partial charge is 0.167 e. The minimum absolute atomic E-state index is 0.222. The molecule has 35 heavy (non-hydrogen) atoms. The van der Waals surface area contributed by atoms with E-state index < -0.39 is 11.6 Å². The van der Waals surface area contributed by atoms with E-state index in [0.717, 1.165) is 57.1 Å². The number of halogens is 2. The van der Waals surface area contributed by atoms with Gasteiger partial charge in [-0.05, 0) is 54.7 Å². The second kappa shape index (κ2) is 14.5. The lowest BCUT2D eigenvalue weighted by Gasteiger charge is -2.11. The normalized spacial score (nSPS) is 11.0. The number of unbranched alkanes of at least 4 members (excludes halogenated alkanes) is 6. The molecule has 5 heteroatoms. The molecular formula is C30H36F2O3. The largest absolute Gasteiger partial charge is 0.494 e. The number of aliphatic hydroxyl groups is 1. The molecule has 3 nitrogen and oxygen atoms in total. The quantitative estimate of drug-likeness (QED) is 0.222. The molecular weight excluding hydrogens is 446 g/mol. The van der Waals surface area contributed by atoms with E-state index in [4.69, 9.17) is 14.6 Å². The van der Waals surface area contributed by atoms with Crippen LogP contribution in [-0.4, -0.2) is 24.9 Å². The van der Waals surface area contributed by atoms with Crippen LogP contribution in [0.15, 0.2) is 60.7 Å². The van der Waals surface area contributed by atoms with Crippen molar-refractivity contribution >= 4 is 0 Å². The Morgan fingerprint density at radius 2 is 1.00 bits per heavy atom. The van der Waals surface area contributed by atoms with Crippen LogP contribution in [0.5, 0.6) is 11.5 Å². The van der Waals surface area contributed by atoms with E-state index in [1.54, 1.807) is 60.7 Å². The molecule has 3 aromatic carbocycles. The minimum Gasteiger partial charge on any atom is -0.494 e. The van der Waals surface area contributed by atoms with Crippen molar-refractivity contribution in [1.82, 2.24) is 0 Å². The Morgan fingerprint density at radius 1 is 0.571 bits per heavy atom. The molecule has 0 aliphatic rings. The summed E-state index contributed by atoms with van der Waals surface area (Å²) in [5.74, 6) is -0.282. The first kappa shape index (κ1) is 26.7. The number of aliphatic hydroxyl groups excluding tert-OH is 1. The lowest BCUT2D eigenvalue weighted by molar-refractivity contribution is 0.280. The summed E-state index contributed by atoms with van der Waals surface area (Å²) in [5.41, 5.74) is 1.65. The van der Waals surface area contributed by atoms with Crippen LogP contribution in [0, 0.1) is 11.6 Å². The van der Waals surface area contributed by atoms with Gasteiger partial charge in [-0.25, -0.2) is 8.78 Å². The Morgan fingerprint density at radius 3 is 1.46 bits per heavy atom. The van der Waals surface area contributed by atoms with Gasteiger partial charge < -0.3 is 14.6 Å². The zero-order valence-corrected chi connectivity index (χ0v) is 20.6. The van der Waals surface area contributed by atoms with Gasteiger partial charge >= 0.3 is 0 Å². The average molecular weight is 483 g/mol. The predicted octanol–water partition coefficient (Wildman–Crippen LogP) is 8.19. The van der Waals surface area contributed by atoms with E-state index in [1.165, 1.54) is 0 Å². The molecule has 0 atom stereocenters. The van der Waals surface area contributed by atoms with Gasteiger partial charge in [0.2, 0.25) is 0 Å². The van der Waals surface area contributed by atoms with Gasteiger partial charge in [0.15, 0.2) is 11.6 Å². The highest BCUT2D eigenvalue weighted by Gasteiger charge is 2.16. The summed E-state index contributed by atoms with van der Waals surface area (Å²) < 4.78 is 41.4. The zero-order valence-electron chi connectivity index (χ0n) is 20.6. The lowest BCUT2D eigenvalue weighted by Crippen LogP contribution is -1.98. The Balaban J connectivity index is 1.57. The van der Waals surface area contributed by atoms with Gasteiger partial charge in [-0.15, -0.1) is 0 Å². The van der Waals surface area contributed by atoms with E-state index in [-0.39, 0.29) is 17.7 Å². The van der Waals surface area contributed by atoms with Crippen molar-refractivity contribution in [2.75, 3.05) is 19.8 Å². The third-order valence-electron chi connectivity index (χ3n) is 6.00. The van der Waals surface area contributed by atoms with E-state index in [0.29, 0.717) is 30.1 Å². The molecule has 0 aromatic heterocycles. The highest BCUT2D eigenvalue weighted by atomic mass is 19.2. The molecule has 0 fully saturated rings. The number of hydrogen-bond acceptors (Lipinski definition) is 3. The van der Waals surface area contributed by atoms with Crippen LogP contribution >= 0.6 is 0 Å². The highest BCUT2D eigenvalue weighted by Crippen LogP contribution is 2.33. The van der Waals surface area contributed by atoms with Crippen molar-refractivity contribution in [2.45, 2.75) is 58.3 Å². The van der Waals surface area contributed by atoms with E-state index in [9.17, 15) is 8.78 Å². The summed E-state index contributed by atoms with van der Waals surface area (Å²) in [5, 5.41) is 8.79. The standard InChI is InChI=1S/C30H36F2O3/c1-2-3-21-34-25-14-10-23(11-15-25)27-18-19-28(30(32)29(27)31)24-12-16-26(17-13-24)35-22-9-7-5-4-6-8-20-33/h10-19,33H,2-9,20-22H2,1H3. The molecule has 0 radical (unpaired) electrons. The summed E-state index contributed by atoms with van der Waals surface area (Å²) in [7, 11) is 0. The number of benzene rings is 3. The number of hydrogen-bond donors (Lipinski definition) is 1. The Bertz CT molecular complexity index is 1020. The van der Waals surface area contributed by atoms with Crippen molar-refractivity contribution in [3.8, 4) is 33.8 Å². The van der Waals surface area contributed by atoms with Crippen LogP contribution in [0.4, 0.5) is 8.78 Å². The molecule has 1 N–H and O–H groups in total. The molecule has 188 valence electrons. The molecule has 0 heterocycles. The number of ether oxygens (including phenoxy) is 2. The van der Waals surface area contributed by atoms with Gasteiger partial charge in [0.25, 0.3) is 0 Å². The Labute approximate surface area is 207 Å². The summed E-state index contributed by atoms with van der Waals surface area (Å²) in [6, 6.07) is 17.4. The second-order valence-electron chi connectivity index (χ2n) is 8.73. The van der Waals surface area contributed by atoms with Gasteiger partial charge in [0.1, 0.15) is 11.5 Å². The molecule has 0 unspecified atom stereocenters. The summed E-state index contributed by atoms with van der Waals surface area (Å²) >= 11 is 0. The maximum atomic E-state index is 15.0. The second-order valence-corrected chi connectivity index (χ2v) is 8.73. The first-order chi connectivity index (χ1) is 17.1. The summed E-state index contributed by atoms with van der Waals surface area (Å²) in [6.45, 7) is 3.63. The Kier molecular flexibility index (Phi) is 11.0.